The summed E-state index contributed by atoms with van der Waals surface area (Å²) in [5.74, 6) is 1.91. The summed E-state index contributed by atoms with van der Waals surface area (Å²) in [6, 6.07) is 8.97. The van der Waals surface area contributed by atoms with Crippen molar-refractivity contribution in [2.45, 2.75) is 69.3 Å². The van der Waals surface area contributed by atoms with Crippen LogP contribution in [0, 0.1) is 17.8 Å². The fourth-order valence-electron chi connectivity index (χ4n) is 7.39. The summed E-state index contributed by atoms with van der Waals surface area (Å²) in [6.07, 6.45) is 9.83. The smallest absolute Gasteiger partial charge is 0.156 e. The van der Waals surface area contributed by atoms with E-state index in [0.717, 1.165) is 38.5 Å². The van der Waals surface area contributed by atoms with Crippen LogP contribution in [0.1, 0.15) is 69.3 Å². The van der Waals surface area contributed by atoms with E-state index in [0.29, 0.717) is 37.0 Å². The molecule has 2 N–H and O–H groups in total. The number of carbonyl (C=O) groups excluding carboxylic acids is 1. The minimum atomic E-state index is -0.649. The lowest BCUT2D eigenvalue weighted by atomic mass is 9.56. The van der Waals surface area contributed by atoms with Crippen molar-refractivity contribution < 1.29 is 15.0 Å². The van der Waals surface area contributed by atoms with E-state index in [-0.39, 0.29) is 18.3 Å². The van der Waals surface area contributed by atoms with Gasteiger partial charge in [-0.05, 0) is 104 Å². The molecule has 4 aliphatic rings. The van der Waals surface area contributed by atoms with E-state index in [4.69, 9.17) is 0 Å². The van der Waals surface area contributed by atoms with Crippen molar-refractivity contribution in [1.29, 1.82) is 0 Å². The average Bonchev–Trinajstić information content (AvgIpc) is 3.13. The maximum Gasteiger partial charge on any atom is 0.156 e. The first-order chi connectivity index (χ1) is 15.4. The molecule has 0 aromatic heterocycles. The molecular formula is C28H37NO3. The quantitative estimate of drug-likeness (QED) is 0.700. The van der Waals surface area contributed by atoms with Gasteiger partial charge in [-0.2, -0.15) is 0 Å². The maximum absolute atomic E-state index is 12.1. The van der Waals surface area contributed by atoms with E-state index in [1.807, 2.05) is 6.08 Å². The predicted octanol–water partition coefficient (Wildman–Crippen LogP) is 4.77. The summed E-state index contributed by atoms with van der Waals surface area (Å²) in [5, 5.41) is 21.1. The normalized spacial score (nSPS) is 34.0. The molecule has 0 saturated heterocycles. The van der Waals surface area contributed by atoms with Crippen LogP contribution >= 0.6 is 0 Å². The molecule has 172 valence electrons. The summed E-state index contributed by atoms with van der Waals surface area (Å²) in [7, 11) is 4.13. The first kappa shape index (κ1) is 21.9. The highest BCUT2D eigenvalue weighted by Crippen LogP contribution is 2.61. The third kappa shape index (κ3) is 3.66. The van der Waals surface area contributed by atoms with Gasteiger partial charge in [0.1, 0.15) is 0 Å². The third-order valence-corrected chi connectivity index (χ3v) is 8.90. The van der Waals surface area contributed by atoms with Crippen LogP contribution < -0.4 is 4.90 Å². The minimum Gasteiger partial charge on any atom is -0.396 e. The van der Waals surface area contributed by atoms with Crippen molar-refractivity contribution in [2.24, 2.45) is 17.8 Å². The molecule has 2 fully saturated rings. The Morgan fingerprint density at radius 3 is 2.59 bits per heavy atom. The fraction of sp³-hybridized carbons (Fsp3) is 0.607. The van der Waals surface area contributed by atoms with Crippen molar-refractivity contribution in [3.8, 4) is 0 Å². The van der Waals surface area contributed by atoms with E-state index >= 15 is 0 Å². The second kappa shape index (κ2) is 8.46. The molecule has 0 spiro atoms. The van der Waals surface area contributed by atoms with Gasteiger partial charge in [-0.25, -0.2) is 0 Å². The summed E-state index contributed by atoms with van der Waals surface area (Å²) >= 11 is 0. The van der Waals surface area contributed by atoms with Gasteiger partial charge >= 0.3 is 0 Å². The number of aliphatic hydroxyl groups is 2. The summed E-state index contributed by atoms with van der Waals surface area (Å²) in [5.41, 5.74) is 6.23. The van der Waals surface area contributed by atoms with Crippen LogP contribution in [0.5, 0.6) is 0 Å². The molecule has 0 bridgehead atoms. The number of anilines is 1. The molecule has 1 aromatic rings. The lowest BCUT2D eigenvalue weighted by Gasteiger charge is -2.49. The fourth-order valence-corrected chi connectivity index (χ4v) is 7.39. The molecule has 4 heteroatoms. The first-order valence-electron chi connectivity index (χ1n) is 12.5. The van der Waals surface area contributed by atoms with Crippen molar-refractivity contribution in [1.82, 2.24) is 0 Å². The lowest BCUT2D eigenvalue weighted by Crippen LogP contribution is -2.43. The third-order valence-electron chi connectivity index (χ3n) is 8.90. The van der Waals surface area contributed by atoms with Gasteiger partial charge in [0, 0.05) is 38.7 Å². The molecular weight excluding hydrogens is 398 g/mol. The number of aliphatic hydroxyl groups excluding tert-OH is 1. The molecule has 0 aliphatic heterocycles. The molecule has 0 radical (unpaired) electrons. The van der Waals surface area contributed by atoms with Crippen molar-refractivity contribution in [2.75, 3.05) is 25.6 Å². The Morgan fingerprint density at radius 2 is 1.88 bits per heavy atom. The van der Waals surface area contributed by atoms with Crippen LogP contribution in [0.15, 0.2) is 47.1 Å². The number of nitrogens with zero attached hydrogens (tertiary/aromatic N) is 1. The Bertz CT molecular complexity index is 944. The minimum absolute atomic E-state index is 0.149. The molecule has 1 unspecified atom stereocenters. The summed E-state index contributed by atoms with van der Waals surface area (Å²) in [4.78, 5) is 14.3. The SMILES string of the molecule is CN(C)c1ccc([C@H]2CC3[C@@H](CC[C@]3(O)CCCO)[C@@H]3CCC4=CC(=O)CCC4=C32)cc1. The standard InChI is InChI=1S/C28H37NO3/c1-29(2)20-7-4-18(5-8-20)25-17-26-23(12-14-28(26,32)13-3-15-30)24-10-6-19-16-21(31)9-11-22(19)27(24)25/h4-5,7-8,16,23-26,30,32H,3,6,9-15,17H2,1-2H3/t23-,24-,25+,26?,28+/m0/s1. The molecule has 4 nitrogen and oxygen atoms in total. The highest BCUT2D eigenvalue weighted by atomic mass is 16.3. The van der Waals surface area contributed by atoms with Crippen LogP contribution in [0.25, 0.3) is 0 Å². The van der Waals surface area contributed by atoms with Crippen LogP contribution in [0.3, 0.4) is 0 Å². The van der Waals surface area contributed by atoms with Crippen LogP contribution in [0.2, 0.25) is 0 Å². The molecule has 0 heterocycles. The first-order valence-corrected chi connectivity index (χ1v) is 12.5. The van der Waals surface area contributed by atoms with Gasteiger partial charge in [0.15, 0.2) is 5.78 Å². The molecule has 2 saturated carbocycles. The van der Waals surface area contributed by atoms with E-state index in [1.54, 1.807) is 5.57 Å². The number of hydrogen-bond acceptors (Lipinski definition) is 4. The van der Waals surface area contributed by atoms with Gasteiger partial charge in [-0.3, -0.25) is 4.79 Å². The summed E-state index contributed by atoms with van der Waals surface area (Å²) in [6.45, 7) is 0.149. The Kier molecular flexibility index (Phi) is 5.79. The van der Waals surface area contributed by atoms with Gasteiger partial charge in [0.05, 0.1) is 5.60 Å². The van der Waals surface area contributed by atoms with Crippen molar-refractivity contribution in [3.05, 3.63) is 52.6 Å². The van der Waals surface area contributed by atoms with E-state index in [9.17, 15) is 15.0 Å². The highest BCUT2D eigenvalue weighted by Gasteiger charge is 2.55. The lowest BCUT2D eigenvalue weighted by molar-refractivity contribution is -0.114. The zero-order valence-electron chi connectivity index (χ0n) is 19.5. The Morgan fingerprint density at radius 1 is 1.09 bits per heavy atom. The van der Waals surface area contributed by atoms with E-state index in [1.165, 1.54) is 22.4 Å². The largest absolute Gasteiger partial charge is 0.396 e. The monoisotopic (exact) mass is 435 g/mol. The molecule has 1 aromatic carbocycles. The second-order valence-corrected chi connectivity index (χ2v) is 10.7. The highest BCUT2D eigenvalue weighted by molar-refractivity contribution is 5.93. The van der Waals surface area contributed by atoms with Crippen LogP contribution in [0.4, 0.5) is 5.69 Å². The Labute approximate surface area is 192 Å². The van der Waals surface area contributed by atoms with Gasteiger partial charge < -0.3 is 15.1 Å². The van der Waals surface area contributed by atoms with Gasteiger partial charge in [0.2, 0.25) is 0 Å². The van der Waals surface area contributed by atoms with Gasteiger partial charge in [0.25, 0.3) is 0 Å². The van der Waals surface area contributed by atoms with Gasteiger partial charge in [-0.15, -0.1) is 0 Å². The molecule has 5 rings (SSSR count). The Hall–Kier alpha value is -1.91. The average molecular weight is 436 g/mol. The second-order valence-electron chi connectivity index (χ2n) is 10.7. The molecule has 4 aliphatic carbocycles. The van der Waals surface area contributed by atoms with E-state index < -0.39 is 5.60 Å². The zero-order valence-corrected chi connectivity index (χ0v) is 19.5. The number of fused-ring (bicyclic) bond motifs is 4. The molecule has 0 amide bonds. The number of ketones is 1. The number of rotatable bonds is 5. The van der Waals surface area contributed by atoms with Crippen LogP contribution in [-0.2, 0) is 4.79 Å². The number of benzene rings is 1. The summed E-state index contributed by atoms with van der Waals surface area (Å²) < 4.78 is 0. The van der Waals surface area contributed by atoms with Crippen LogP contribution in [-0.4, -0.2) is 42.3 Å². The Balaban J connectivity index is 1.58. The van der Waals surface area contributed by atoms with Crippen molar-refractivity contribution in [3.63, 3.8) is 0 Å². The van der Waals surface area contributed by atoms with Crippen molar-refractivity contribution >= 4 is 11.5 Å². The predicted molar refractivity (Wildman–Crippen MR) is 128 cm³/mol. The zero-order chi connectivity index (χ0) is 22.5. The van der Waals surface area contributed by atoms with E-state index in [2.05, 4.69) is 43.3 Å². The maximum atomic E-state index is 12.1. The topological polar surface area (TPSA) is 60.8 Å². The molecule has 32 heavy (non-hydrogen) atoms. The molecule has 5 atom stereocenters. The van der Waals surface area contributed by atoms with Gasteiger partial charge in [-0.1, -0.05) is 17.7 Å². The number of hydrogen-bond donors (Lipinski definition) is 2. The number of carbonyl (C=O) groups is 1. The number of allylic oxidation sites excluding steroid dienone is 4.